The van der Waals surface area contributed by atoms with Gasteiger partial charge in [-0.2, -0.15) is 0 Å². The molecule has 0 N–H and O–H groups in total. The highest BCUT2D eigenvalue weighted by Gasteiger charge is 2.39. The van der Waals surface area contributed by atoms with Gasteiger partial charge in [-0.25, -0.2) is 0 Å². The van der Waals surface area contributed by atoms with Crippen LogP contribution in [0.25, 0.3) is 0 Å². The molecule has 0 saturated heterocycles. The average molecular weight is 318 g/mol. The fourth-order valence-corrected chi connectivity index (χ4v) is 3.48. The molecule has 23 heavy (non-hydrogen) atoms. The van der Waals surface area contributed by atoms with Crippen molar-refractivity contribution in [2.75, 3.05) is 7.11 Å². The Morgan fingerprint density at radius 2 is 1.87 bits per heavy atom. The number of hydrogen-bond acceptors (Lipinski definition) is 1. The van der Waals surface area contributed by atoms with Crippen LogP contribution in [0.2, 0.25) is 5.31 Å². The lowest BCUT2D eigenvalue weighted by Gasteiger charge is -2.35. The Kier molecular flexibility index (Phi) is 9.28. The van der Waals surface area contributed by atoms with Crippen LogP contribution in [-0.4, -0.2) is 14.0 Å². The third-order valence-electron chi connectivity index (χ3n) is 5.85. The maximum absolute atomic E-state index is 5.99. The van der Waals surface area contributed by atoms with Gasteiger partial charge in [0.15, 0.2) is 0 Å². The second-order valence-corrected chi connectivity index (χ2v) is 8.20. The van der Waals surface area contributed by atoms with Crippen molar-refractivity contribution in [3.8, 4) is 0 Å². The van der Waals surface area contributed by atoms with Crippen molar-refractivity contribution in [1.82, 2.24) is 0 Å². The van der Waals surface area contributed by atoms with Gasteiger partial charge >= 0.3 is 6.92 Å². The molecule has 1 saturated carbocycles. The Hall–Kier alpha value is -0.495. The lowest BCUT2D eigenvalue weighted by Crippen LogP contribution is -2.36. The van der Waals surface area contributed by atoms with Gasteiger partial charge in [-0.1, -0.05) is 90.4 Å². The van der Waals surface area contributed by atoms with Crippen LogP contribution in [0.15, 0.2) is 23.7 Å². The molecular weight excluding hydrogens is 279 g/mol. The predicted molar refractivity (Wildman–Crippen MR) is 105 cm³/mol. The molecule has 0 amide bonds. The molecule has 0 aromatic rings. The molecule has 0 aromatic carbocycles. The first-order valence-electron chi connectivity index (χ1n) is 9.84. The Balaban J connectivity index is 2.92. The zero-order valence-corrected chi connectivity index (χ0v) is 16.5. The first kappa shape index (κ1) is 20.5. The SMILES string of the molecule is CCCC/C=C(/C=C/C1CCCCC1)B(OC)C(C)(C)C(C)C. The summed E-state index contributed by atoms with van der Waals surface area (Å²) in [4.78, 5) is 0. The second-order valence-electron chi connectivity index (χ2n) is 8.20. The van der Waals surface area contributed by atoms with Crippen LogP contribution >= 0.6 is 0 Å². The maximum atomic E-state index is 5.99. The van der Waals surface area contributed by atoms with Gasteiger partial charge in [0.05, 0.1) is 0 Å². The van der Waals surface area contributed by atoms with Crippen molar-refractivity contribution in [3.63, 3.8) is 0 Å². The summed E-state index contributed by atoms with van der Waals surface area (Å²) in [6.45, 7) is 11.7. The van der Waals surface area contributed by atoms with Gasteiger partial charge in [-0.15, -0.1) is 0 Å². The molecule has 1 fully saturated rings. The lowest BCUT2D eigenvalue weighted by molar-refractivity contribution is 0.353. The smallest absolute Gasteiger partial charge is 0.332 e. The third-order valence-corrected chi connectivity index (χ3v) is 5.85. The van der Waals surface area contributed by atoms with E-state index in [1.54, 1.807) is 0 Å². The zero-order valence-electron chi connectivity index (χ0n) is 16.5. The molecule has 0 bridgehead atoms. The van der Waals surface area contributed by atoms with Crippen molar-refractivity contribution in [2.24, 2.45) is 11.8 Å². The van der Waals surface area contributed by atoms with Crippen molar-refractivity contribution in [1.29, 1.82) is 0 Å². The molecular formula is C21H39BO. The van der Waals surface area contributed by atoms with Crippen LogP contribution in [0.1, 0.15) is 86.0 Å². The molecule has 1 aliphatic rings. The Morgan fingerprint density at radius 1 is 1.22 bits per heavy atom. The van der Waals surface area contributed by atoms with E-state index in [-0.39, 0.29) is 12.2 Å². The summed E-state index contributed by atoms with van der Waals surface area (Å²) >= 11 is 0. The predicted octanol–water partition coefficient (Wildman–Crippen LogP) is 6.85. The van der Waals surface area contributed by atoms with E-state index >= 15 is 0 Å². The monoisotopic (exact) mass is 318 g/mol. The van der Waals surface area contributed by atoms with E-state index in [1.165, 1.54) is 50.4 Å². The van der Waals surface area contributed by atoms with Crippen LogP contribution < -0.4 is 0 Å². The molecule has 0 atom stereocenters. The lowest BCUT2D eigenvalue weighted by atomic mass is 9.39. The summed E-state index contributed by atoms with van der Waals surface area (Å²) in [5, 5.41) is 0.143. The number of rotatable bonds is 9. The average Bonchev–Trinajstić information content (AvgIpc) is 2.53. The van der Waals surface area contributed by atoms with Crippen LogP contribution in [0.4, 0.5) is 0 Å². The zero-order chi connectivity index (χ0) is 17.3. The summed E-state index contributed by atoms with van der Waals surface area (Å²) in [7, 11) is 1.87. The van der Waals surface area contributed by atoms with Crippen molar-refractivity contribution < 1.29 is 4.65 Å². The standard InChI is InChI=1S/C21H39BO/c1-7-8-10-15-20(17-16-19-13-11-9-12-14-19)22(23-6)21(4,5)18(2)3/h15-19H,7-14H2,1-6H3/b17-16+,20-15-. The molecule has 0 aliphatic heterocycles. The molecule has 2 heteroatoms. The molecule has 0 aromatic heterocycles. The summed E-state index contributed by atoms with van der Waals surface area (Å²) in [5.74, 6) is 1.36. The fourth-order valence-electron chi connectivity index (χ4n) is 3.48. The Bertz CT molecular complexity index is 375. The van der Waals surface area contributed by atoms with E-state index < -0.39 is 0 Å². The summed E-state index contributed by atoms with van der Waals surface area (Å²) in [6, 6.07) is 0. The third kappa shape index (κ3) is 6.49. The summed E-state index contributed by atoms with van der Waals surface area (Å²) in [6.07, 6.45) is 17.9. The van der Waals surface area contributed by atoms with E-state index in [4.69, 9.17) is 4.65 Å². The molecule has 1 rings (SSSR count). The normalized spacial score (nSPS) is 18.1. The highest BCUT2D eigenvalue weighted by Crippen LogP contribution is 2.41. The highest BCUT2D eigenvalue weighted by molar-refractivity contribution is 6.64. The number of unbranched alkanes of at least 4 members (excludes halogenated alkanes) is 2. The maximum Gasteiger partial charge on any atom is 0.332 e. The van der Waals surface area contributed by atoms with E-state index in [2.05, 4.69) is 52.8 Å². The van der Waals surface area contributed by atoms with Gasteiger partial charge in [0.1, 0.15) is 0 Å². The van der Waals surface area contributed by atoms with Gasteiger partial charge in [0, 0.05) is 7.11 Å². The van der Waals surface area contributed by atoms with Crippen LogP contribution in [-0.2, 0) is 4.65 Å². The molecule has 0 radical (unpaired) electrons. The molecule has 132 valence electrons. The minimum atomic E-state index is 0.143. The van der Waals surface area contributed by atoms with E-state index in [9.17, 15) is 0 Å². The topological polar surface area (TPSA) is 9.23 Å². The summed E-state index contributed by atoms with van der Waals surface area (Å²) in [5.41, 5.74) is 1.39. The van der Waals surface area contributed by atoms with Crippen molar-refractivity contribution >= 4 is 6.92 Å². The molecule has 0 unspecified atom stereocenters. The van der Waals surface area contributed by atoms with Gasteiger partial charge in [0.25, 0.3) is 0 Å². The Morgan fingerprint density at radius 3 is 2.39 bits per heavy atom. The number of allylic oxidation sites excluding steroid dienone is 4. The van der Waals surface area contributed by atoms with Gasteiger partial charge in [-0.05, 0) is 36.4 Å². The van der Waals surface area contributed by atoms with Gasteiger partial charge in [0.2, 0.25) is 0 Å². The Labute approximate surface area is 146 Å². The summed E-state index contributed by atoms with van der Waals surface area (Å²) < 4.78 is 5.99. The van der Waals surface area contributed by atoms with Crippen molar-refractivity contribution in [3.05, 3.63) is 23.7 Å². The van der Waals surface area contributed by atoms with Crippen LogP contribution in [0.3, 0.4) is 0 Å². The fraction of sp³-hybridized carbons (Fsp3) is 0.810. The van der Waals surface area contributed by atoms with Crippen LogP contribution in [0.5, 0.6) is 0 Å². The molecule has 1 nitrogen and oxygen atoms in total. The second kappa shape index (κ2) is 10.4. The minimum Gasteiger partial charge on any atom is -0.433 e. The number of hydrogen-bond donors (Lipinski definition) is 0. The highest BCUT2D eigenvalue weighted by atomic mass is 16.4. The largest absolute Gasteiger partial charge is 0.433 e. The van der Waals surface area contributed by atoms with Gasteiger partial charge < -0.3 is 4.65 Å². The minimum absolute atomic E-state index is 0.143. The first-order chi connectivity index (χ1) is 10.9. The quantitative estimate of drug-likeness (QED) is 0.256. The van der Waals surface area contributed by atoms with E-state index in [1.807, 2.05) is 7.11 Å². The van der Waals surface area contributed by atoms with Gasteiger partial charge in [-0.3, -0.25) is 0 Å². The van der Waals surface area contributed by atoms with E-state index in [0.29, 0.717) is 5.92 Å². The molecule has 1 aliphatic carbocycles. The van der Waals surface area contributed by atoms with Crippen molar-refractivity contribution in [2.45, 2.75) is 91.3 Å². The molecule has 0 spiro atoms. The van der Waals surface area contributed by atoms with E-state index in [0.717, 1.165) is 12.3 Å². The van der Waals surface area contributed by atoms with Crippen LogP contribution in [0, 0.1) is 11.8 Å². The molecule has 0 heterocycles. The first-order valence-corrected chi connectivity index (χ1v) is 9.84.